The lowest BCUT2D eigenvalue weighted by molar-refractivity contribution is -0.137. The van der Waals surface area contributed by atoms with Gasteiger partial charge in [-0.05, 0) is 80.4 Å². The van der Waals surface area contributed by atoms with Gasteiger partial charge in [0.15, 0.2) is 0 Å². The van der Waals surface area contributed by atoms with E-state index in [1.165, 1.54) is 13.2 Å². The Bertz CT molecular complexity index is 1430. The molecular formula is C29H26F3NO5. The SMILES string of the molecule is COc1cccc(C2/C(=C(\O)c3ccc(OC(C)C)c(C)c3)C(=O)C(=O)N2c2cccc(C(F)(F)F)c2)c1. The molecule has 0 bridgehead atoms. The number of nitrogens with zero attached hydrogens (tertiary/aromatic N) is 1. The topological polar surface area (TPSA) is 76.1 Å². The first-order valence-corrected chi connectivity index (χ1v) is 11.8. The molecule has 1 heterocycles. The number of aryl methyl sites for hydroxylation is 1. The molecule has 1 unspecified atom stereocenters. The molecule has 198 valence electrons. The third-order valence-electron chi connectivity index (χ3n) is 6.12. The predicted octanol–water partition coefficient (Wildman–Crippen LogP) is 6.44. The molecule has 4 rings (SSSR count). The monoisotopic (exact) mass is 525 g/mol. The number of hydrogen-bond acceptors (Lipinski definition) is 5. The second-order valence-corrected chi connectivity index (χ2v) is 9.14. The molecule has 0 aliphatic carbocycles. The van der Waals surface area contributed by atoms with Gasteiger partial charge >= 0.3 is 6.18 Å². The normalized spacial score (nSPS) is 17.3. The number of ether oxygens (including phenoxy) is 2. The van der Waals surface area contributed by atoms with Crippen LogP contribution in [0.3, 0.4) is 0 Å². The number of benzene rings is 3. The molecule has 9 heteroatoms. The first-order valence-electron chi connectivity index (χ1n) is 11.8. The molecule has 3 aromatic carbocycles. The van der Waals surface area contributed by atoms with Crippen LogP contribution in [0.4, 0.5) is 18.9 Å². The maximum Gasteiger partial charge on any atom is 0.416 e. The van der Waals surface area contributed by atoms with E-state index in [4.69, 9.17) is 9.47 Å². The van der Waals surface area contributed by atoms with Gasteiger partial charge in [-0.1, -0.05) is 18.2 Å². The first kappa shape index (κ1) is 26.8. The van der Waals surface area contributed by atoms with Crippen LogP contribution in [0.25, 0.3) is 5.76 Å². The lowest BCUT2D eigenvalue weighted by Gasteiger charge is -2.26. The van der Waals surface area contributed by atoms with E-state index in [2.05, 4.69) is 0 Å². The maximum absolute atomic E-state index is 13.5. The van der Waals surface area contributed by atoms with Gasteiger partial charge in [-0.2, -0.15) is 13.2 Å². The lowest BCUT2D eigenvalue weighted by Crippen LogP contribution is -2.29. The average Bonchev–Trinajstić information content (AvgIpc) is 3.14. The van der Waals surface area contributed by atoms with Crippen LogP contribution in [0.5, 0.6) is 11.5 Å². The molecule has 1 saturated heterocycles. The van der Waals surface area contributed by atoms with Gasteiger partial charge in [0.2, 0.25) is 0 Å². The van der Waals surface area contributed by atoms with E-state index in [0.717, 1.165) is 23.1 Å². The lowest BCUT2D eigenvalue weighted by atomic mass is 9.94. The van der Waals surface area contributed by atoms with Crippen LogP contribution in [0.1, 0.15) is 42.1 Å². The minimum absolute atomic E-state index is 0.0843. The van der Waals surface area contributed by atoms with E-state index in [1.807, 2.05) is 13.8 Å². The number of Topliss-reactive ketones (excluding diaryl/α,β-unsaturated/α-hetero) is 1. The summed E-state index contributed by atoms with van der Waals surface area (Å²) in [7, 11) is 1.44. The fourth-order valence-electron chi connectivity index (χ4n) is 4.40. The summed E-state index contributed by atoms with van der Waals surface area (Å²) in [6, 6.07) is 14.2. The number of aliphatic hydroxyl groups excluding tert-OH is 1. The number of rotatable bonds is 6. The Balaban J connectivity index is 1.92. The number of methoxy groups -OCH3 is 1. The van der Waals surface area contributed by atoms with Crippen LogP contribution in [-0.2, 0) is 15.8 Å². The molecule has 0 saturated carbocycles. The highest BCUT2D eigenvalue weighted by Crippen LogP contribution is 2.44. The minimum atomic E-state index is -4.66. The highest BCUT2D eigenvalue weighted by atomic mass is 19.4. The average molecular weight is 526 g/mol. The number of carbonyl (C=O) groups excluding carboxylic acids is 2. The van der Waals surface area contributed by atoms with Gasteiger partial charge < -0.3 is 14.6 Å². The molecule has 1 atom stereocenters. The molecule has 0 spiro atoms. The number of carbonyl (C=O) groups is 2. The smallest absolute Gasteiger partial charge is 0.416 e. The molecule has 6 nitrogen and oxygen atoms in total. The van der Waals surface area contributed by atoms with Gasteiger partial charge in [-0.25, -0.2) is 0 Å². The zero-order valence-electron chi connectivity index (χ0n) is 21.2. The van der Waals surface area contributed by atoms with Gasteiger partial charge in [-0.15, -0.1) is 0 Å². The van der Waals surface area contributed by atoms with Gasteiger partial charge in [0, 0.05) is 11.3 Å². The van der Waals surface area contributed by atoms with Gasteiger partial charge in [-0.3, -0.25) is 14.5 Å². The van der Waals surface area contributed by atoms with E-state index >= 15 is 0 Å². The number of halogens is 3. The molecule has 0 aromatic heterocycles. The quantitative estimate of drug-likeness (QED) is 0.228. The zero-order valence-corrected chi connectivity index (χ0v) is 21.2. The summed E-state index contributed by atoms with van der Waals surface area (Å²) in [4.78, 5) is 27.6. The number of amides is 1. The van der Waals surface area contributed by atoms with E-state index in [-0.39, 0.29) is 22.9 Å². The Hall–Kier alpha value is -4.27. The van der Waals surface area contributed by atoms with Crippen molar-refractivity contribution < 1.29 is 37.3 Å². The molecule has 1 amide bonds. The summed E-state index contributed by atoms with van der Waals surface area (Å²) in [5.74, 6) is -1.54. The Morgan fingerprint density at radius 1 is 1.00 bits per heavy atom. The van der Waals surface area contributed by atoms with Crippen molar-refractivity contribution in [3.63, 3.8) is 0 Å². The van der Waals surface area contributed by atoms with Crippen LogP contribution in [-0.4, -0.2) is 30.0 Å². The molecule has 1 aliphatic heterocycles. The van der Waals surface area contributed by atoms with Crippen LogP contribution in [0, 0.1) is 6.92 Å². The van der Waals surface area contributed by atoms with Crippen LogP contribution in [0.15, 0.2) is 72.3 Å². The molecule has 38 heavy (non-hydrogen) atoms. The van der Waals surface area contributed by atoms with Crippen molar-refractivity contribution in [3.8, 4) is 11.5 Å². The van der Waals surface area contributed by atoms with Gasteiger partial charge in [0.05, 0.1) is 30.4 Å². The second kappa shape index (κ2) is 10.2. The van der Waals surface area contributed by atoms with Crippen molar-refractivity contribution >= 4 is 23.1 Å². The fraction of sp³-hybridized carbons (Fsp3) is 0.241. The molecule has 1 N–H and O–H groups in total. The van der Waals surface area contributed by atoms with Crippen molar-refractivity contribution in [1.29, 1.82) is 0 Å². The summed E-state index contributed by atoms with van der Waals surface area (Å²) >= 11 is 0. The number of hydrogen-bond donors (Lipinski definition) is 1. The van der Waals surface area contributed by atoms with Crippen LogP contribution < -0.4 is 14.4 Å². The third-order valence-corrected chi connectivity index (χ3v) is 6.12. The molecule has 1 fully saturated rings. The Labute approximate surface area is 217 Å². The Kier molecular flexibility index (Phi) is 7.22. The summed E-state index contributed by atoms with van der Waals surface area (Å²) in [5, 5.41) is 11.3. The largest absolute Gasteiger partial charge is 0.507 e. The van der Waals surface area contributed by atoms with Gasteiger partial charge in [0.1, 0.15) is 17.3 Å². The number of alkyl halides is 3. The summed E-state index contributed by atoms with van der Waals surface area (Å²) < 4.78 is 51.5. The van der Waals surface area contributed by atoms with Crippen LogP contribution >= 0.6 is 0 Å². The predicted molar refractivity (Wildman–Crippen MR) is 136 cm³/mol. The highest BCUT2D eigenvalue weighted by molar-refractivity contribution is 6.51. The number of ketones is 1. The summed E-state index contributed by atoms with van der Waals surface area (Å²) in [6.45, 7) is 5.52. The van der Waals surface area contributed by atoms with E-state index in [1.54, 1.807) is 49.4 Å². The summed E-state index contributed by atoms with van der Waals surface area (Å²) in [6.07, 6.45) is -4.74. The number of anilines is 1. The van der Waals surface area contributed by atoms with Crippen molar-refractivity contribution in [1.82, 2.24) is 0 Å². The van der Waals surface area contributed by atoms with Crippen molar-refractivity contribution in [2.24, 2.45) is 0 Å². The molecule has 3 aromatic rings. The molecule has 0 radical (unpaired) electrons. The highest BCUT2D eigenvalue weighted by Gasteiger charge is 2.47. The van der Waals surface area contributed by atoms with Crippen molar-refractivity contribution in [2.45, 2.75) is 39.1 Å². The first-order chi connectivity index (χ1) is 17.9. The van der Waals surface area contributed by atoms with E-state index < -0.39 is 35.2 Å². The minimum Gasteiger partial charge on any atom is -0.507 e. The van der Waals surface area contributed by atoms with Crippen LogP contribution in [0.2, 0.25) is 0 Å². The van der Waals surface area contributed by atoms with E-state index in [9.17, 15) is 27.9 Å². The zero-order chi connectivity index (χ0) is 27.8. The number of aliphatic hydroxyl groups is 1. The second-order valence-electron chi connectivity index (χ2n) is 9.14. The summed E-state index contributed by atoms with van der Waals surface area (Å²) in [5.41, 5.74) is -0.0405. The van der Waals surface area contributed by atoms with Crippen molar-refractivity contribution in [3.05, 3.63) is 94.6 Å². The van der Waals surface area contributed by atoms with Crippen molar-refractivity contribution in [2.75, 3.05) is 12.0 Å². The third kappa shape index (κ3) is 5.09. The Morgan fingerprint density at radius 3 is 2.34 bits per heavy atom. The van der Waals surface area contributed by atoms with E-state index in [0.29, 0.717) is 22.6 Å². The molecular weight excluding hydrogens is 499 g/mol. The maximum atomic E-state index is 13.5. The Morgan fingerprint density at radius 2 is 1.71 bits per heavy atom. The standard InChI is InChI=1S/C29H26F3NO5/c1-16(2)38-23-12-11-19(13-17(23)3)26(34)24-25(18-7-5-10-22(14-18)37-4)33(28(36)27(24)35)21-9-6-8-20(15-21)29(30,31)32/h5-16,25,34H,1-4H3/b26-24+. The fourth-order valence-corrected chi connectivity index (χ4v) is 4.40. The molecule has 1 aliphatic rings. The van der Waals surface area contributed by atoms with Gasteiger partial charge in [0.25, 0.3) is 11.7 Å².